The van der Waals surface area contributed by atoms with Crippen LogP contribution in [0.2, 0.25) is 0 Å². The first-order valence-corrected chi connectivity index (χ1v) is 6.95. The summed E-state index contributed by atoms with van der Waals surface area (Å²) in [6.07, 6.45) is 5.54. The van der Waals surface area contributed by atoms with Crippen LogP contribution in [-0.4, -0.2) is 32.6 Å². The summed E-state index contributed by atoms with van der Waals surface area (Å²) in [6, 6.07) is 0. The normalized spacial score (nSPS) is 15.7. The van der Waals surface area contributed by atoms with E-state index in [9.17, 15) is 0 Å². The van der Waals surface area contributed by atoms with Crippen LogP contribution in [0.3, 0.4) is 0 Å². The molecule has 0 aromatic heterocycles. The number of likely N-dealkylation sites (N-methyl/N-ethyl adjacent to an activating group) is 2. The zero-order chi connectivity index (χ0) is 15.1. The van der Waals surface area contributed by atoms with E-state index in [1.165, 1.54) is 0 Å². The van der Waals surface area contributed by atoms with Gasteiger partial charge in [-0.1, -0.05) is 32.6 Å². The fourth-order valence-electron chi connectivity index (χ4n) is 2.29. The second-order valence-corrected chi connectivity index (χ2v) is 5.32. The van der Waals surface area contributed by atoms with Gasteiger partial charge in [0, 0.05) is 38.8 Å². The molecule has 0 rings (SSSR count). The summed E-state index contributed by atoms with van der Waals surface area (Å²) in [5, 5.41) is 6.36. The highest BCUT2D eigenvalue weighted by atomic mass is 15.2. The van der Waals surface area contributed by atoms with E-state index in [2.05, 4.69) is 69.0 Å². The lowest BCUT2D eigenvalue weighted by molar-refractivity contribution is 0.271. The number of hydrogen-bond donors (Lipinski definition) is 2. The maximum absolute atomic E-state index is 4.10. The molecule has 19 heavy (non-hydrogen) atoms. The van der Waals surface area contributed by atoms with E-state index in [0.29, 0.717) is 0 Å². The highest BCUT2D eigenvalue weighted by Crippen LogP contribution is 2.27. The topological polar surface area (TPSA) is 27.3 Å². The van der Waals surface area contributed by atoms with Gasteiger partial charge in [-0.15, -0.1) is 0 Å². The fourth-order valence-corrected chi connectivity index (χ4v) is 2.29. The molecule has 1 unspecified atom stereocenters. The van der Waals surface area contributed by atoms with E-state index < -0.39 is 0 Å². The molecule has 0 amide bonds. The molecule has 2 N–H and O–H groups in total. The number of allylic oxidation sites excluding steroid dienone is 2. The molecular formula is C16H31N3. The molecule has 1 atom stereocenters. The van der Waals surface area contributed by atoms with Gasteiger partial charge >= 0.3 is 0 Å². The molecule has 0 heterocycles. The van der Waals surface area contributed by atoms with Gasteiger partial charge in [-0.25, -0.2) is 0 Å². The van der Waals surface area contributed by atoms with E-state index in [1.807, 2.05) is 14.1 Å². The fraction of sp³-hybridized carbons (Fsp3) is 0.625. The predicted octanol–water partition coefficient (Wildman–Crippen LogP) is 3.09. The lowest BCUT2D eigenvalue weighted by atomic mass is 9.86. The zero-order valence-corrected chi connectivity index (χ0v) is 13.7. The maximum Gasteiger partial charge on any atom is 0.0783 e. The molecule has 0 fully saturated rings. The van der Waals surface area contributed by atoms with Crippen LogP contribution in [0.1, 0.15) is 34.1 Å². The van der Waals surface area contributed by atoms with Gasteiger partial charge in [-0.3, -0.25) is 0 Å². The quantitative estimate of drug-likeness (QED) is 0.522. The molecule has 0 saturated carbocycles. The minimum Gasteiger partial charge on any atom is -0.390 e. The van der Waals surface area contributed by atoms with Crippen LogP contribution in [0, 0.1) is 5.41 Å². The van der Waals surface area contributed by atoms with Gasteiger partial charge < -0.3 is 15.5 Å². The van der Waals surface area contributed by atoms with Gasteiger partial charge in [0.1, 0.15) is 0 Å². The first-order valence-electron chi connectivity index (χ1n) is 6.95. The molecule has 0 aliphatic carbocycles. The van der Waals surface area contributed by atoms with Crippen molar-refractivity contribution < 1.29 is 0 Å². The lowest BCUT2D eigenvalue weighted by Gasteiger charge is -2.34. The van der Waals surface area contributed by atoms with Crippen molar-refractivity contribution in [3.8, 4) is 0 Å². The number of nitrogens with zero attached hydrogens (tertiary/aromatic N) is 1. The van der Waals surface area contributed by atoms with E-state index in [-0.39, 0.29) is 5.41 Å². The summed E-state index contributed by atoms with van der Waals surface area (Å²) < 4.78 is 0. The summed E-state index contributed by atoms with van der Waals surface area (Å²) in [7, 11) is 5.97. The van der Waals surface area contributed by atoms with Gasteiger partial charge in [0.25, 0.3) is 0 Å². The van der Waals surface area contributed by atoms with E-state index in [0.717, 1.165) is 30.1 Å². The Balaban J connectivity index is 5.24. The highest BCUT2D eigenvalue weighted by Gasteiger charge is 2.23. The van der Waals surface area contributed by atoms with Crippen molar-refractivity contribution in [2.75, 3.05) is 27.7 Å². The van der Waals surface area contributed by atoms with Crippen LogP contribution in [0.5, 0.6) is 0 Å². The molecule has 3 heteroatoms. The van der Waals surface area contributed by atoms with E-state index in [1.54, 1.807) is 0 Å². The van der Waals surface area contributed by atoms with Crippen molar-refractivity contribution in [2.45, 2.75) is 34.1 Å². The third-order valence-electron chi connectivity index (χ3n) is 3.67. The predicted molar refractivity (Wildman–Crippen MR) is 85.8 cm³/mol. The molecule has 0 aliphatic rings. The van der Waals surface area contributed by atoms with Crippen LogP contribution in [-0.2, 0) is 0 Å². The van der Waals surface area contributed by atoms with Crippen LogP contribution >= 0.6 is 0 Å². The van der Waals surface area contributed by atoms with Crippen LogP contribution in [0.25, 0.3) is 0 Å². The zero-order valence-electron chi connectivity index (χ0n) is 13.7. The number of hydrogen-bond acceptors (Lipinski definition) is 3. The Morgan fingerprint density at radius 2 is 1.89 bits per heavy atom. The Labute approximate surface area is 119 Å². The number of rotatable bonds is 8. The molecule has 0 spiro atoms. The Bertz CT molecular complexity index is 355. The molecule has 0 saturated heterocycles. The Morgan fingerprint density at radius 3 is 2.26 bits per heavy atom. The van der Waals surface area contributed by atoms with Crippen molar-refractivity contribution in [3.05, 3.63) is 35.8 Å². The number of nitrogens with one attached hydrogen (secondary N) is 2. The van der Waals surface area contributed by atoms with Crippen molar-refractivity contribution in [2.24, 2.45) is 5.41 Å². The van der Waals surface area contributed by atoms with Crippen LogP contribution in [0.4, 0.5) is 0 Å². The summed E-state index contributed by atoms with van der Waals surface area (Å²) in [5.41, 5.74) is 3.37. The molecule has 0 aromatic rings. The molecule has 0 bridgehead atoms. The first kappa shape index (κ1) is 17.6. The molecule has 110 valence electrons. The van der Waals surface area contributed by atoms with Gasteiger partial charge in [-0.2, -0.15) is 0 Å². The summed E-state index contributed by atoms with van der Waals surface area (Å²) in [5.74, 6) is 0. The average molecular weight is 265 g/mol. The summed E-state index contributed by atoms with van der Waals surface area (Å²) in [6.45, 7) is 13.7. The van der Waals surface area contributed by atoms with Gasteiger partial charge in [0.2, 0.25) is 0 Å². The van der Waals surface area contributed by atoms with Crippen LogP contribution in [0.15, 0.2) is 35.8 Å². The second-order valence-electron chi connectivity index (χ2n) is 5.32. The lowest BCUT2D eigenvalue weighted by Crippen LogP contribution is -2.35. The molecular weight excluding hydrogens is 234 g/mol. The molecule has 0 radical (unpaired) electrons. The molecule has 3 nitrogen and oxygen atoms in total. The highest BCUT2D eigenvalue weighted by molar-refractivity contribution is 5.29. The summed E-state index contributed by atoms with van der Waals surface area (Å²) >= 11 is 0. The largest absolute Gasteiger partial charge is 0.390 e. The monoisotopic (exact) mass is 265 g/mol. The van der Waals surface area contributed by atoms with Gasteiger partial charge in [-0.05, 0) is 20.3 Å². The smallest absolute Gasteiger partial charge is 0.0783 e. The van der Waals surface area contributed by atoms with E-state index >= 15 is 0 Å². The summed E-state index contributed by atoms with van der Waals surface area (Å²) in [4.78, 5) is 2.27. The van der Waals surface area contributed by atoms with Crippen molar-refractivity contribution in [3.63, 3.8) is 0 Å². The standard InChI is InChI=1S/C16H31N3/c1-9-11-16(5,10-2)12-19(8)15(13(3)17-6)14(4)18-7/h9,11,17-18H,3,10,12H2,1-2,4-8H3/b11-9-,15-14+. The van der Waals surface area contributed by atoms with E-state index in [4.69, 9.17) is 0 Å². The van der Waals surface area contributed by atoms with Crippen molar-refractivity contribution >= 4 is 0 Å². The Morgan fingerprint density at radius 1 is 1.32 bits per heavy atom. The minimum absolute atomic E-state index is 0.177. The molecule has 0 aliphatic heterocycles. The maximum atomic E-state index is 4.10. The third kappa shape index (κ3) is 5.01. The minimum atomic E-state index is 0.177. The second kappa shape index (κ2) is 7.93. The molecule has 0 aromatic carbocycles. The van der Waals surface area contributed by atoms with Gasteiger partial charge in [0.05, 0.1) is 11.4 Å². The van der Waals surface area contributed by atoms with Crippen LogP contribution < -0.4 is 10.6 Å². The van der Waals surface area contributed by atoms with Crippen molar-refractivity contribution in [1.29, 1.82) is 0 Å². The van der Waals surface area contributed by atoms with Gasteiger partial charge in [0.15, 0.2) is 0 Å². The SMILES string of the molecule is C=C(NC)/C(=C(/C)NC)N(C)CC(C)(/C=C\C)CC. The average Bonchev–Trinajstić information content (AvgIpc) is 2.38. The first-order chi connectivity index (χ1) is 8.85. The Hall–Kier alpha value is -1.38. The third-order valence-corrected chi connectivity index (χ3v) is 3.67. The Kier molecular flexibility index (Phi) is 7.35. The van der Waals surface area contributed by atoms with Crippen molar-refractivity contribution in [1.82, 2.24) is 15.5 Å².